The van der Waals surface area contributed by atoms with Crippen LogP contribution in [0.4, 0.5) is 0 Å². The highest BCUT2D eigenvalue weighted by Gasteiger charge is 2.11. The van der Waals surface area contributed by atoms with Gasteiger partial charge < -0.3 is 4.89 Å². The zero-order valence-corrected chi connectivity index (χ0v) is 7.72. The molecule has 0 saturated carbocycles. The van der Waals surface area contributed by atoms with Crippen LogP contribution in [0.15, 0.2) is 12.8 Å². The lowest BCUT2D eigenvalue weighted by atomic mass is 10.3. The Morgan fingerprint density at radius 3 is 2.33 bits per heavy atom. The van der Waals surface area contributed by atoms with Crippen LogP contribution in [-0.2, 0) is 9.46 Å². The summed E-state index contributed by atoms with van der Waals surface area (Å²) in [6.45, 7) is 9.75. The largest absolute Gasteiger partial charge is 0.359 e. The van der Waals surface area contributed by atoms with E-state index in [1.807, 2.05) is 0 Å². The molecule has 0 spiro atoms. The van der Waals surface area contributed by atoms with Crippen LogP contribution in [0.3, 0.4) is 0 Å². The molecule has 0 atom stereocenters. The van der Waals surface area contributed by atoms with Gasteiger partial charge in [-0.2, -0.15) is 0 Å². The van der Waals surface area contributed by atoms with Crippen LogP contribution in [0.25, 0.3) is 0 Å². The zero-order valence-electron chi connectivity index (χ0n) is 6.31. The molecule has 54 valence electrons. The van der Waals surface area contributed by atoms with Gasteiger partial charge in [-0.15, -0.1) is 0 Å². The molecule has 0 aliphatic rings. The third-order valence-corrected chi connectivity index (χ3v) is 1.75. The molecule has 0 rings (SSSR count). The lowest BCUT2D eigenvalue weighted by Gasteiger charge is -2.14. The molecule has 9 heavy (non-hydrogen) atoms. The minimum Gasteiger partial charge on any atom is -0.359 e. The first-order valence-electron chi connectivity index (χ1n) is 2.95. The van der Waals surface area contributed by atoms with Crippen LogP contribution >= 0.6 is 0 Å². The summed E-state index contributed by atoms with van der Waals surface area (Å²) in [7, 11) is -0.555. The maximum atomic E-state index is 4.87. The quantitative estimate of drug-likeness (QED) is 0.197. The van der Waals surface area contributed by atoms with Crippen molar-refractivity contribution >= 4 is 9.76 Å². The molecule has 0 aliphatic heterocycles. The highest BCUT2D eigenvalue weighted by Crippen LogP contribution is 2.19. The van der Waals surface area contributed by atoms with Gasteiger partial charge in [-0.1, -0.05) is 27.4 Å². The smallest absolute Gasteiger partial charge is 0.229 e. The molecule has 0 N–H and O–H groups in total. The Balaban J connectivity index is 3.17. The molecule has 0 unspecified atom stereocenters. The Labute approximate surface area is 58.7 Å². The molecule has 0 heterocycles. The lowest BCUT2D eigenvalue weighted by Crippen LogP contribution is -2.11. The van der Waals surface area contributed by atoms with Crippen molar-refractivity contribution in [1.29, 1.82) is 0 Å². The second-order valence-electron chi connectivity index (χ2n) is 3.09. The van der Waals surface area contributed by atoms with Crippen molar-refractivity contribution in [1.82, 2.24) is 0 Å². The third-order valence-electron chi connectivity index (χ3n) is 0.628. The van der Waals surface area contributed by atoms with Crippen molar-refractivity contribution in [3.05, 3.63) is 12.8 Å². The van der Waals surface area contributed by atoms with E-state index in [1.165, 1.54) is 6.26 Å². The molecule has 0 radical (unpaired) electrons. The Morgan fingerprint density at radius 2 is 2.00 bits per heavy atom. The van der Waals surface area contributed by atoms with Crippen molar-refractivity contribution in [2.45, 2.75) is 25.8 Å². The van der Waals surface area contributed by atoms with Crippen LogP contribution in [-0.4, -0.2) is 9.76 Å². The SMILES string of the molecule is C=COO[SiH2]C(C)(C)C. The predicted octanol–water partition coefficient (Wildman–Crippen LogP) is 1.38. The monoisotopic (exact) mass is 146 g/mol. The minimum absolute atomic E-state index is 0.295. The summed E-state index contributed by atoms with van der Waals surface area (Å²) >= 11 is 0. The first-order valence-corrected chi connectivity index (χ1v) is 4.24. The summed E-state index contributed by atoms with van der Waals surface area (Å²) < 4.78 is 4.87. The standard InChI is InChI=1S/C6H14O2Si/c1-5-7-8-9-6(2,3)4/h5H,1,9H2,2-4H3. The van der Waals surface area contributed by atoms with E-state index in [9.17, 15) is 0 Å². The van der Waals surface area contributed by atoms with E-state index < -0.39 is 9.76 Å². The number of hydrogen-bond donors (Lipinski definition) is 0. The summed E-state index contributed by atoms with van der Waals surface area (Å²) in [5.74, 6) is 0. The van der Waals surface area contributed by atoms with Crippen LogP contribution in [0.1, 0.15) is 20.8 Å². The van der Waals surface area contributed by atoms with Gasteiger partial charge in [-0.25, -0.2) is 4.58 Å². The Bertz CT molecular complexity index is 85.5. The van der Waals surface area contributed by atoms with Gasteiger partial charge in [-0.05, 0) is 5.04 Å². The molecule has 2 nitrogen and oxygen atoms in total. The minimum atomic E-state index is -0.555. The van der Waals surface area contributed by atoms with Gasteiger partial charge in [-0.3, -0.25) is 0 Å². The molecule has 0 saturated heterocycles. The van der Waals surface area contributed by atoms with E-state index in [0.29, 0.717) is 5.04 Å². The van der Waals surface area contributed by atoms with Gasteiger partial charge in [0.15, 0.2) is 0 Å². The molecule has 0 amide bonds. The summed E-state index contributed by atoms with van der Waals surface area (Å²) in [5.41, 5.74) is 0. The molecule has 0 bridgehead atoms. The van der Waals surface area contributed by atoms with E-state index in [-0.39, 0.29) is 0 Å². The molecule has 3 heteroatoms. The average molecular weight is 146 g/mol. The van der Waals surface area contributed by atoms with Crippen molar-refractivity contribution in [2.75, 3.05) is 0 Å². The van der Waals surface area contributed by atoms with Gasteiger partial charge in [0, 0.05) is 0 Å². The highest BCUT2D eigenvalue weighted by molar-refractivity contribution is 6.31. The fraction of sp³-hybridized carbons (Fsp3) is 0.667. The maximum absolute atomic E-state index is 4.87. The van der Waals surface area contributed by atoms with E-state index in [1.54, 1.807) is 0 Å². The lowest BCUT2D eigenvalue weighted by molar-refractivity contribution is -0.151. The fourth-order valence-corrected chi connectivity index (χ4v) is 0.777. The zero-order chi connectivity index (χ0) is 7.33. The summed E-state index contributed by atoms with van der Waals surface area (Å²) in [4.78, 5) is 4.54. The third kappa shape index (κ3) is 7.72. The fourth-order valence-electron chi connectivity index (χ4n) is 0.259. The van der Waals surface area contributed by atoms with Gasteiger partial charge in [0.1, 0.15) is 6.26 Å². The van der Waals surface area contributed by atoms with Crippen molar-refractivity contribution in [2.24, 2.45) is 0 Å². The Kier molecular flexibility index (Phi) is 3.57. The summed E-state index contributed by atoms with van der Waals surface area (Å²) in [6.07, 6.45) is 1.30. The maximum Gasteiger partial charge on any atom is 0.229 e. The number of rotatable bonds is 3. The average Bonchev–Trinajstić information content (AvgIpc) is 1.63. The van der Waals surface area contributed by atoms with E-state index in [0.717, 1.165) is 0 Å². The van der Waals surface area contributed by atoms with Crippen LogP contribution in [0.2, 0.25) is 5.04 Å². The van der Waals surface area contributed by atoms with Crippen LogP contribution < -0.4 is 0 Å². The highest BCUT2D eigenvalue weighted by atomic mass is 28.2. The van der Waals surface area contributed by atoms with Crippen LogP contribution in [0, 0.1) is 0 Å². The first kappa shape index (κ1) is 8.72. The predicted molar refractivity (Wildman–Crippen MR) is 40.6 cm³/mol. The normalized spacial score (nSPS) is 12.3. The van der Waals surface area contributed by atoms with Crippen molar-refractivity contribution in [3.8, 4) is 0 Å². The second kappa shape index (κ2) is 3.69. The molecule has 0 aromatic heterocycles. The summed E-state index contributed by atoms with van der Waals surface area (Å²) in [6, 6.07) is 0. The molecular weight excluding hydrogens is 132 g/mol. The molecule has 0 aliphatic carbocycles. The van der Waals surface area contributed by atoms with E-state index in [2.05, 4.69) is 32.2 Å². The first-order chi connectivity index (χ1) is 4.06. The topological polar surface area (TPSA) is 18.5 Å². The van der Waals surface area contributed by atoms with Gasteiger partial charge in [0.2, 0.25) is 9.76 Å². The van der Waals surface area contributed by atoms with E-state index >= 15 is 0 Å². The van der Waals surface area contributed by atoms with Crippen molar-refractivity contribution < 1.29 is 9.46 Å². The number of hydrogen-bond acceptors (Lipinski definition) is 2. The molecule has 0 aromatic carbocycles. The molecule has 0 fully saturated rings. The Hall–Kier alpha value is -0.283. The van der Waals surface area contributed by atoms with Crippen molar-refractivity contribution in [3.63, 3.8) is 0 Å². The van der Waals surface area contributed by atoms with E-state index in [4.69, 9.17) is 4.58 Å². The molecular formula is C6H14O2Si. The second-order valence-corrected chi connectivity index (χ2v) is 5.73. The van der Waals surface area contributed by atoms with Crippen LogP contribution in [0.5, 0.6) is 0 Å². The Morgan fingerprint density at radius 1 is 1.44 bits per heavy atom. The van der Waals surface area contributed by atoms with Gasteiger partial charge in [0.25, 0.3) is 0 Å². The van der Waals surface area contributed by atoms with Gasteiger partial charge >= 0.3 is 0 Å². The van der Waals surface area contributed by atoms with Gasteiger partial charge in [0.05, 0.1) is 0 Å². The summed E-state index contributed by atoms with van der Waals surface area (Å²) in [5, 5.41) is 0.295. The molecule has 0 aromatic rings.